The van der Waals surface area contributed by atoms with E-state index in [1.807, 2.05) is 0 Å². The second kappa shape index (κ2) is 12.4. The van der Waals surface area contributed by atoms with E-state index in [4.69, 9.17) is 9.63 Å². The third-order valence-electron chi connectivity index (χ3n) is 4.31. The molecule has 1 aliphatic rings. The highest BCUT2D eigenvalue weighted by Gasteiger charge is 2.45. The van der Waals surface area contributed by atoms with Gasteiger partial charge in [0, 0.05) is 11.6 Å². The Morgan fingerprint density at radius 3 is 2.08 bits per heavy atom. The first-order valence-electron chi connectivity index (χ1n) is 8.64. The van der Waals surface area contributed by atoms with Crippen LogP contribution < -0.4 is 38.7 Å². The lowest BCUT2D eigenvalue weighted by molar-refractivity contribution is -0.250. The molecule has 2 aromatic rings. The van der Waals surface area contributed by atoms with Crippen molar-refractivity contribution in [3.63, 3.8) is 0 Å². The van der Waals surface area contributed by atoms with Crippen molar-refractivity contribution in [2.45, 2.75) is 24.5 Å². The predicted octanol–water partition coefficient (Wildman–Crippen LogP) is -0.664. The number of quaternary nitrogens is 3. The van der Waals surface area contributed by atoms with Crippen LogP contribution in [0, 0.1) is 5.82 Å². The maximum Gasteiger partial charge on any atom is 0.280 e. The summed E-state index contributed by atoms with van der Waals surface area (Å²) < 4.78 is 64.2. The summed E-state index contributed by atoms with van der Waals surface area (Å²) in [4.78, 5) is 54.2. The smallest absolute Gasteiger partial charge is 0.280 e. The molecule has 0 radical (unpaired) electrons. The number of ether oxygens (including phenoxy) is 1. The van der Waals surface area contributed by atoms with Crippen molar-refractivity contribution in [1.82, 2.24) is 23.0 Å². The average molecular weight is 586 g/mol. The summed E-state index contributed by atoms with van der Waals surface area (Å²) in [5.74, 6) is -0.863. The first-order chi connectivity index (χ1) is 15.1. The van der Waals surface area contributed by atoms with Crippen molar-refractivity contribution < 1.29 is 65.8 Å². The fourth-order valence-corrected chi connectivity index (χ4v) is 5.90. The zero-order valence-electron chi connectivity index (χ0n) is 18.9. The molecule has 0 bridgehead atoms. The van der Waals surface area contributed by atoms with Crippen LogP contribution in [0.5, 0.6) is 0 Å². The van der Waals surface area contributed by atoms with Crippen molar-refractivity contribution in [3.8, 4) is 0 Å². The molecule has 1 fully saturated rings. The number of halogens is 1. The third kappa shape index (κ3) is 8.01. The molecular formula is C14H26FN4O14P3. The molecule has 0 saturated carbocycles. The van der Waals surface area contributed by atoms with Crippen molar-refractivity contribution in [2.75, 3.05) is 6.61 Å². The maximum absolute atomic E-state index is 14.4. The molecule has 22 heteroatoms. The SMILES string of the molecule is O=c1c2ccccc2c(F)cn1[C@@H]1O[C@H](COP(=O)([O-])OP(=O)([O-])OP(=O)([O-])O)[C@@H](O)[C@H]1O.[NH4+].[NH4+].[NH4+]. The minimum absolute atomic E-state index is 0. The molecule has 2 heterocycles. The van der Waals surface area contributed by atoms with E-state index in [9.17, 15) is 47.8 Å². The normalized spacial score (nSPS) is 26.4. The predicted molar refractivity (Wildman–Crippen MR) is 115 cm³/mol. The van der Waals surface area contributed by atoms with E-state index >= 15 is 0 Å². The first-order valence-corrected chi connectivity index (χ1v) is 13.1. The van der Waals surface area contributed by atoms with Crippen LogP contribution in [-0.4, -0.2) is 44.6 Å². The summed E-state index contributed by atoms with van der Waals surface area (Å²) in [6, 6.07) is 5.58. The van der Waals surface area contributed by atoms with Gasteiger partial charge in [-0.1, -0.05) is 18.2 Å². The molecule has 1 aromatic carbocycles. The Bertz CT molecular complexity index is 1260. The standard InChI is InChI=1S/C14H17FNO14P3.3H3N/c15-9-5-16(13(19)8-4-2-1-3-7(8)9)14-12(18)11(17)10(28-14)6-27-32(23,24)30-33(25,26)29-31(20,21)22;;;/h1-5,10-12,14,17-18H,6H2,(H,23,24)(H,25,26)(H2,20,21,22);3*1H3/t10-,11-,12-,14-;;;/m1.../s1. The number of rotatable bonds is 8. The highest BCUT2D eigenvalue weighted by atomic mass is 31.3. The number of phosphoric ester groups is 1. The average Bonchev–Trinajstić information content (AvgIpc) is 2.95. The van der Waals surface area contributed by atoms with E-state index in [2.05, 4.69) is 13.1 Å². The first kappa shape index (κ1) is 34.5. The number of aliphatic hydroxyl groups is 2. The molecular weight excluding hydrogens is 560 g/mol. The van der Waals surface area contributed by atoms with E-state index in [-0.39, 0.29) is 29.2 Å². The van der Waals surface area contributed by atoms with Crippen molar-refractivity contribution in [2.24, 2.45) is 0 Å². The number of pyridine rings is 1. The van der Waals surface area contributed by atoms with E-state index < -0.39 is 66.0 Å². The van der Waals surface area contributed by atoms with Gasteiger partial charge in [0.2, 0.25) is 0 Å². The largest absolute Gasteiger partial charge is 0.756 e. The van der Waals surface area contributed by atoms with Crippen molar-refractivity contribution in [3.05, 3.63) is 46.6 Å². The molecule has 0 spiro atoms. The van der Waals surface area contributed by atoms with Gasteiger partial charge >= 0.3 is 0 Å². The van der Waals surface area contributed by atoms with Crippen LogP contribution in [0.4, 0.5) is 4.39 Å². The lowest BCUT2D eigenvalue weighted by atomic mass is 10.1. The van der Waals surface area contributed by atoms with Gasteiger partial charge in [-0.3, -0.25) is 23.1 Å². The molecule has 0 amide bonds. The molecule has 15 N–H and O–H groups in total. The Labute approximate surface area is 201 Å². The molecule has 1 saturated heterocycles. The molecule has 3 rings (SSSR count). The quantitative estimate of drug-likeness (QED) is 0.209. The van der Waals surface area contributed by atoms with Gasteiger partial charge in [0.15, 0.2) is 6.23 Å². The van der Waals surface area contributed by atoms with Gasteiger partial charge in [-0.15, -0.1) is 0 Å². The highest BCUT2D eigenvalue weighted by Crippen LogP contribution is 2.61. The second-order valence-electron chi connectivity index (χ2n) is 6.60. The summed E-state index contributed by atoms with van der Waals surface area (Å²) in [6.45, 7) is -1.19. The fourth-order valence-electron chi connectivity index (χ4n) is 3.01. The minimum atomic E-state index is -6.14. The Hall–Kier alpha value is -1.47. The van der Waals surface area contributed by atoms with Crippen LogP contribution >= 0.6 is 23.5 Å². The fraction of sp³-hybridized carbons (Fsp3) is 0.357. The summed E-state index contributed by atoms with van der Waals surface area (Å²) in [5.41, 5.74) is -0.807. The van der Waals surface area contributed by atoms with Gasteiger partial charge in [0.1, 0.15) is 24.1 Å². The zero-order chi connectivity index (χ0) is 24.8. The number of benzene rings is 1. The van der Waals surface area contributed by atoms with Gasteiger partial charge in [0.25, 0.3) is 29.0 Å². The molecule has 18 nitrogen and oxygen atoms in total. The van der Waals surface area contributed by atoms with Crippen molar-refractivity contribution in [1.29, 1.82) is 0 Å². The molecule has 7 atom stereocenters. The Kier molecular flexibility index (Phi) is 11.9. The lowest BCUT2D eigenvalue weighted by Crippen LogP contribution is -2.36. The van der Waals surface area contributed by atoms with Crippen LogP contribution in [0.15, 0.2) is 35.3 Å². The van der Waals surface area contributed by atoms with Crippen LogP contribution in [0.3, 0.4) is 0 Å². The summed E-state index contributed by atoms with van der Waals surface area (Å²) in [7, 11) is -17.9. The van der Waals surface area contributed by atoms with Gasteiger partial charge < -0.3 is 57.5 Å². The molecule has 3 unspecified atom stereocenters. The number of phosphoric acid groups is 3. The van der Waals surface area contributed by atoms with Crippen LogP contribution in [0.25, 0.3) is 10.8 Å². The number of hydrogen-bond acceptors (Lipinski definition) is 13. The molecule has 208 valence electrons. The number of fused-ring (bicyclic) bond motifs is 1. The van der Waals surface area contributed by atoms with E-state index in [1.165, 1.54) is 24.3 Å². The van der Waals surface area contributed by atoms with E-state index in [0.29, 0.717) is 10.8 Å². The summed E-state index contributed by atoms with van der Waals surface area (Å²) >= 11 is 0. The monoisotopic (exact) mass is 586 g/mol. The number of nitrogens with zero attached hydrogens (tertiary/aromatic N) is 1. The highest BCUT2D eigenvalue weighted by molar-refractivity contribution is 7.65. The van der Waals surface area contributed by atoms with Crippen LogP contribution in [0.2, 0.25) is 0 Å². The van der Waals surface area contributed by atoms with E-state index in [0.717, 1.165) is 0 Å². The minimum Gasteiger partial charge on any atom is -0.756 e. The van der Waals surface area contributed by atoms with Gasteiger partial charge in [-0.2, -0.15) is 0 Å². The van der Waals surface area contributed by atoms with Gasteiger partial charge in [0.05, 0.1) is 12.0 Å². The van der Waals surface area contributed by atoms with Crippen LogP contribution in [-0.2, 0) is 31.6 Å². The molecule has 36 heavy (non-hydrogen) atoms. The molecule has 1 aromatic heterocycles. The molecule has 0 aliphatic carbocycles. The maximum atomic E-state index is 14.4. The van der Waals surface area contributed by atoms with Crippen LogP contribution in [0.1, 0.15) is 6.23 Å². The molecule has 1 aliphatic heterocycles. The summed E-state index contributed by atoms with van der Waals surface area (Å²) in [6.07, 6.45) is -6.46. The second-order valence-corrected chi connectivity index (χ2v) is 10.9. The number of aliphatic hydroxyl groups excluding tert-OH is 2. The number of aromatic nitrogens is 1. The Morgan fingerprint density at radius 2 is 1.53 bits per heavy atom. The Morgan fingerprint density at radius 1 is 0.972 bits per heavy atom. The van der Waals surface area contributed by atoms with Gasteiger partial charge in [-0.25, -0.2) is 13.0 Å². The van der Waals surface area contributed by atoms with E-state index in [1.54, 1.807) is 0 Å². The summed E-state index contributed by atoms with van der Waals surface area (Å²) in [5, 5.41) is 20.2. The number of hydrogen-bond donors (Lipinski definition) is 6. The third-order valence-corrected chi connectivity index (χ3v) is 8.00. The van der Waals surface area contributed by atoms with Gasteiger partial charge in [-0.05, 0) is 6.07 Å². The zero-order valence-corrected chi connectivity index (χ0v) is 21.6. The lowest BCUT2D eigenvalue weighted by Gasteiger charge is -2.33. The topological polar surface area (TPSA) is 350 Å². The van der Waals surface area contributed by atoms with Crippen molar-refractivity contribution >= 4 is 34.2 Å². The Balaban J connectivity index is 0.00000408.